The molecule has 4 amide bonds. The topological polar surface area (TPSA) is 107 Å². The SMILES string of the molecule is CSCCC(C(=O)N1CCC2(CC1)CC(O)CNC2=O)N1C(=O)c2ccccc2C1=O. The second kappa shape index (κ2) is 8.63. The number of hydrogen-bond donors (Lipinski definition) is 2. The number of fused-ring (bicyclic) bond motifs is 1. The molecule has 0 aliphatic carbocycles. The molecule has 0 aromatic heterocycles. The van der Waals surface area contributed by atoms with Gasteiger partial charge in [-0.05, 0) is 49.8 Å². The number of carbonyl (C=O) groups excluding carboxylic acids is 4. The predicted molar refractivity (Wildman–Crippen MR) is 116 cm³/mol. The summed E-state index contributed by atoms with van der Waals surface area (Å²) in [5, 5.41) is 12.8. The van der Waals surface area contributed by atoms with Crippen LogP contribution in [0.15, 0.2) is 24.3 Å². The quantitative estimate of drug-likeness (QED) is 0.652. The first kappa shape index (κ1) is 21.8. The van der Waals surface area contributed by atoms with Crippen molar-refractivity contribution in [3.8, 4) is 0 Å². The molecular formula is C22H27N3O5S. The van der Waals surface area contributed by atoms with E-state index in [0.717, 1.165) is 4.90 Å². The molecule has 0 radical (unpaired) electrons. The van der Waals surface area contributed by atoms with E-state index in [2.05, 4.69) is 5.32 Å². The van der Waals surface area contributed by atoms with Crippen LogP contribution in [-0.4, -0.2) is 82.3 Å². The standard InChI is InChI=1S/C22H27N3O5S/c1-31-11-6-17(25-18(27)15-4-2-3-5-16(15)19(25)28)20(29)24-9-7-22(8-10-24)12-14(26)13-23-21(22)30/h2-5,14,17,26H,6-13H2,1H3,(H,23,30). The maximum atomic E-state index is 13.5. The second-order valence-electron chi connectivity index (χ2n) is 8.50. The maximum absolute atomic E-state index is 13.5. The summed E-state index contributed by atoms with van der Waals surface area (Å²) in [6.45, 7) is 0.982. The highest BCUT2D eigenvalue weighted by Crippen LogP contribution is 2.39. The lowest BCUT2D eigenvalue weighted by Gasteiger charge is -2.45. The van der Waals surface area contributed by atoms with Crippen molar-refractivity contribution in [3.05, 3.63) is 35.4 Å². The van der Waals surface area contributed by atoms with Gasteiger partial charge in [0.2, 0.25) is 11.8 Å². The first-order valence-corrected chi connectivity index (χ1v) is 12.0. The average Bonchev–Trinajstić information content (AvgIpc) is 3.03. The molecule has 0 bridgehead atoms. The van der Waals surface area contributed by atoms with E-state index in [9.17, 15) is 24.3 Å². The molecule has 1 aromatic carbocycles. The van der Waals surface area contributed by atoms with Gasteiger partial charge in [-0.1, -0.05) is 12.1 Å². The van der Waals surface area contributed by atoms with E-state index in [1.165, 1.54) is 0 Å². The molecule has 0 saturated carbocycles. The van der Waals surface area contributed by atoms with Gasteiger partial charge in [-0.2, -0.15) is 11.8 Å². The highest BCUT2D eigenvalue weighted by atomic mass is 32.2. The van der Waals surface area contributed by atoms with Gasteiger partial charge in [0, 0.05) is 19.6 Å². The summed E-state index contributed by atoms with van der Waals surface area (Å²) in [6.07, 6.45) is 3.04. The number of rotatable bonds is 5. The monoisotopic (exact) mass is 445 g/mol. The van der Waals surface area contributed by atoms with Crippen molar-refractivity contribution in [2.24, 2.45) is 5.41 Å². The Morgan fingerprint density at radius 2 is 1.81 bits per heavy atom. The van der Waals surface area contributed by atoms with E-state index in [1.54, 1.807) is 40.9 Å². The van der Waals surface area contributed by atoms with E-state index >= 15 is 0 Å². The van der Waals surface area contributed by atoms with Crippen LogP contribution in [0.3, 0.4) is 0 Å². The summed E-state index contributed by atoms with van der Waals surface area (Å²) >= 11 is 1.56. The van der Waals surface area contributed by atoms with Crippen molar-refractivity contribution < 1.29 is 24.3 Å². The lowest BCUT2D eigenvalue weighted by atomic mass is 9.71. The fraction of sp³-hybridized carbons (Fsp3) is 0.545. The molecule has 2 saturated heterocycles. The first-order valence-electron chi connectivity index (χ1n) is 10.6. The van der Waals surface area contributed by atoms with Gasteiger partial charge in [0.05, 0.1) is 22.6 Å². The minimum absolute atomic E-state index is 0.0656. The van der Waals surface area contributed by atoms with Crippen LogP contribution in [-0.2, 0) is 9.59 Å². The van der Waals surface area contributed by atoms with Crippen molar-refractivity contribution in [3.63, 3.8) is 0 Å². The summed E-state index contributed by atoms with van der Waals surface area (Å²) in [4.78, 5) is 54.6. The Labute approximate surface area is 185 Å². The number of benzene rings is 1. The molecule has 166 valence electrons. The van der Waals surface area contributed by atoms with Crippen LogP contribution >= 0.6 is 11.8 Å². The third-order valence-corrected chi connectivity index (χ3v) is 7.30. The van der Waals surface area contributed by atoms with E-state index in [1.807, 2.05) is 6.26 Å². The third kappa shape index (κ3) is 3.85. The zero-order valence-corrected chi connectivity index (χ0v) is 18.3. The largest absolute Gasteiger partial charge is 0.391 e. The molecule has 31 heavy (non-hydrogen) atoms. The first-order chi connectivity index (χ1) is 14.9. The Bertz CT molecular complexity index is 877. The van der Waals surface area contributed by atoms with Crippen LogP contribution in [0.1, 0.15) is 46.4 Å². The molecule has 3 aliphatic heterocycles. The van der Waals surface area contributed by atoms with Crippen LogP contribution in [0, 0.1) is 5.41 Å². The Morgan fingerprint density at radius 3 is 2.39 bits per heavy atom. The Kier molecular flexibility index (Phi) is 6.07. The summed E-state index contributed by atoms with van der Waals surface area (Å²) in [6, 6.07) is 5.78. The summed E-state index contributed by atoms with van der Waals surface area (Å²) in [7, 11) is 0. The fourth-order valence-corrected chi connectivity index (χ4v) is 5.35. The number of imide groups is 1. The number of thioether (sulfide) groups is 1. The molecule has 1 spiro atoms. The lowest BCUT2D eigenvalue weighted by molar-refractivity contribution is -0.147. The highest BCUT2D eigenvalue weighted by molar-refractivity contribution is 7.98. The predicted octanol–water partition coefficient (Wildman–Crippen LogP) is 0.894. The number of aliphatic hydroxyl groups is 1. The van der Waals surface area contributed by atoms with Gasteiger partial charge in [-0.25, -0.2) is 0 Å². The normalized spacial score (nSPS) is 23.7. The van der Waals surface area contributed by atoms with Crippen molar-refractivity contribution in [2.45, 2.75) is 37.8 Å². The van der Waals surface area contributed by atoms with E-state index in [4.69, 9.17) is 0 Å². The molecule has 8 nitrogen and oxygen atoms in total. The third-order valence-electron chi connectivity index (χ3n) is 6.66. The highest BCUT2D eigenvalue weighted by Gasteiger charge is 2.48. The lowest BCUT2D eigenvalue weighted by Crippen LogP contribution is -2.58. The fourth-order valence-electron chi connectivity index (χ4n) is 4.89. The number of piperidine rings is 2. The minimum atomic E-state index is -0.861. The summed E-state index contributed by atoms with van der Waals surface area (Å²) < 4.78 is 0. The van der Waals surface area contributed by atoms with Crippen LogP contribution in [0.2, 0.25) is 0 Å². The minimum Gasteiger partial charge on any atom is -0.391 e. The molecule has 3 aliphatic rings. The Balaban J connectivity index is 1.52. The number of likely N-dealkylation sites (tertiary alicyclic amines) is 1. The molecule has 2 N–H and O–H groups in total. The number of carbonyl (C=O) groups is 4. The molecule has 2 fully saturated rings. The van der Waals surface area contributed by atoms with Gasteiger partial charge in [0.1, 0.15) is 6.04 Å². The van der Waals surface area contributed by atoms with Gasteiger partial charge in [-0.3, -0.25) is 24.1 Å². The number of amides is 4. The van der Waals surface area contributed by atoms with E-state index in [-0.39, 0.29) is 18.4 Å². The van der Waals surface area contributed by atoms with Gasteiger partial charge < -0.3 is 15.3 Å². The smallest absolute Gasteiger partial charge is 0.262 e. The molecule has 9 heteroatoms. The Hall–Kier alpha value is -2.39. The van der Waals surface area contributed by atoms with Gasteiger partial charge in [0.25, 0.3) is 11.8 Å². The van der Waals surface area contributed by atoms with Crippen molar-refractivity contribution >= 4 is 35.4 Å². The second-order valence-corrected chi connectivity index (χ2v) is 9.48. The van der Waals surface area contributed by atoms with Crippen LogP contribution in [0.25, 0.3) is 0 Å². The average molecular weight is 446 g/mol. The molecule has 2 unspecified atom stereocenters. The van der Waals surface area contributed by atoms with Gasteiger partial charge >= 0.3 is 0 Å². The van der Waals surface area contributed by atoms with Crippen molar-refractivity contribution in [1.29, 1.82) is 0 Å². The molecule has 2 atom stereocenters. The van der Waals surface area contributed by atoms with Crippen LogP contribution in [0.5, 0.6) is 0 Å². The molecule has 4 rings (SSSR count). The maximum Gasteiger partial charge on any atom is 0.262 e. The number of β-amino-alcohol motifs (C(OH)–C–C–N with tert-alkyl or cyclic N) is 1. The van der Waals surface area contributed by atoms with Gasteiger partial charge in [-0.15, -0.1) is 0 Å². The summed E-state index contributed by atoms with van der Waals surface area (Å²) in [5.41, 5.74) is 0.0125. The van der Waals surface area contributed by atoms with E-state index in [0.29, 0.717) is 55.7 Å². The zero-order chi connectivity index (χ0) is 22.2. The number of aliphatic hydroxyl groups excluding tert-OH is 1. The molecular weight excluding hydrogens is 418 g/mol. The zero-order valence-electron chi connectivity index (χ0n) is 17.5. The number of hydrogen-bond acceptors (Lipinski definition) is 6. The van der Waals surface area contributed by atoms with Crippen LogP contribution < -0.4 is 5.32 Å². The van der Waals surface area contributed by atoms with E-state index < -0.39 is 29.4 Å². The van der Waals surface area contributed by atoms with Gasteiger partial charge in [0.15, 0.2) is 0 Å². The number of nitrogens with one attached hydrogen (secondary N) is 1. The summed E-state index contributed by atoms with van der Waals surface area (Å²) in [5.74, 6) is -0.540. The molecule has 3 heterocycles. The molecule has 1 aromatic rings. The number of nitrogens with zero attached hydrogens (tertiary/aromatic N) is 2. The Morgan fingerprint density at radius 1 is 1.19 bits per heavy atom. The van der Waals surface area contributed by atoms with Crippen molar-refractivity contribution in [1.82, 2.24) is 15.1 Å². The van der Waals surface area contributed by atoms with Crippen molar-refractivity contribution in [2.75, 3.05) is 31.6 Å². The van der Waals surface area contributed by atoms with Crippen LogP contribution in [0.4, 0.5) is 0 Å².